The lowest BCUT2D eigenvalue weighted by Gasteiger charge is -2.26. The maximum atomic E-state index is 14.8. The van der Waals surface area contributed by atoms with Crippen LogP contribution in [-0.2, 0) is 15.8 Å². The van der Waals surface area contributed by atoms with Gasteiger partial charge in [-0.3, -0.25) is 9.69 Å². The Labute approximate surface area is 219 Å². The number of halogens is 3. The predicted octanol–water partition coefficient (Wildman–Crippen LogP) is 4.27. The summed E-state index contributed by atoms with van der Waals surface area (Å²) in [5.74, 6) is -2.42. The van der Waals surface area contributed by atoms with Crippen molar-refractivity contribution in [3.63, 3.8) is 0 Å². The second kappa shape index (κ2) is 14.3. The van der Waals surface area contributed by atoms with Gasteiger partial charge in [-0.15, -0.1) is 0 Å². The van der Waals surface area contributed by atoms with Gasteiger partial charge in [-0.25, -0.2) is 17.3 Å². The lowest BCUT2D eigenvalue weighted by Crippen LogP contribution is -2.40. The molecule has 2 aromatic rings. The van der Waals surface area contributed by atoms with Crippen LogP contribution in [0.3, 0.4) is 0 Å². The summed E-state index contributed by atoms with van der Waals surface area (Å²) < 4.78 is 50.0. The number of carbonyl (C=O) groups excluding carboxylic acids is 1. The van der Waals surface area contributed by atoms with Gasteiger partial charge in [0, 0.05) is 44.4 Å². The summed E-state index contributed by atoms with van der Waals surface area (Å²) in [5.41, 5.74) is 0.626. The molecule has 0 radical (unpaired) electrons. The number of nitrogens with zero attached hydrogens (tertiary/aromatic N) is 3. The topological polar surface area (TPSA) is 65.1 Å². The molecule has 0 spiro atoms. The zero-order valence-corrected chi connectivity index (χ0v) is 22.6. The van der Waals surface area contributed by atoms with Gasteiger partial charge >= 0.3 is 0 Å². The van der Waals surface area contributed by atoms with Crippen LogP contribution in [0.15, 0.2) is 53.6 Å². The van der Waals surface area contributed by atoms with Crippen molar-refractivity contribution in [3.8, 4) is 11.5 Å². The normalized spacial score (nSPS) is 12.0. The molecule has 2 rings (SSSR count). The van der Waals surface area contributed by atoms with E-state index in [0.717, 1.165) is 18.6 Å². The van der Waals surface area contributed by atoms with Crippen LogP contribution in [0.2, 0.25) is 5.02 Å². The van der Waals surface area contributed by atoms with Crippen molar-refractivity contribution in [1.82, 2.24) is 19.4 Å². The molecule has 1 N–H and O–H groups in total. The van der Waals surface area contributed by atoms with Crippen LogP contribution in [0.1, 0.15) is 13.3 Å². The Hall–Kier alpha value is -2.53. The molecule has 0 aromatic heterocycles. The van der Waals surface area contributed by atoms with E-state index in [1.165, 1.54) is 29.2 Å². The number of carbonyl (C=O) groups is 1. The number of ether oxygens (including phenoxy) is 1. The standard InChI is InChI=1S/C25H33ClF2N4O3S/c1-6-11-29-18(2)16-32(13-12-31(5)17-24(33)30(3)4)36(34)21-14-22(27)25(23(28)15-21)35-20-9-7-19(26)8-10-20/h7-10,14-15,29H,2,6,11-13,16-17H2,1,3-5H3. The Morgan fingerprint density at radius 2 is 1.69 bits per heavy atom. The van der Waals surface area contributed by atoms with E-state index >= 15 is 0 Å². The van der Waals surface area contributed by atoms with Gasteiger partial charge < -0.3 is 15.0 Å². The largest absolute Gasteiger partial charge is 0.451 e. The van der Waals surface area contributed by atoms with Crippen molar-refractivity contribution in [2.45, 2.75) is 18.2 Å². The molecular weight excluding hydrogens is 510 g/mol. The number of benzene rings is 2. The Morgan fingerprint density at radius 3 is 2.25 bits per heavy atom. The van der Waals surface area contributed by atoms with Gasteiger partial charge in [0.2, 0.25) is 5.91 Å². The third-order valence-electron chi connectivity index (χ3n) is 5.07. The molecule has 0 saturated heterocycles. The third kappa shape index (κ3) is 9.16. The highest BCUT2D eigenvalue weighted by Crippen LogP contribution is 2.30. The van der Waals surface area contributed by atoms with Crippen molar-refractivity contribution in [2.24, 2.45) is 0 Å². The highest BCUT2D eigenvalue weighted by molar-refractivity contribution is 7.82. The summed E-state index contributed by atoms with van der Waals surface area (Å²) >= 11 is 5.84. The molecule has 0 fully saturated rings. The van der Waals surface area contributed by atoms with Crippen molar-refractivity contribution in [3.05, 3.63) is 65.3 Å². The van der Waals surface area contributed by atoms with E-state index in [2.05, 4.69) is 11.9 Å². The molecule has 198 valence electrons. The van der Waals surface area contributed by atoms with Crippen LogP contribution in [0.4, 0.5) is 8.78 Å². The van der Waals surface area contributed by atoms with Gasteiger partial charge in [0.05, 0.1) is 18.0 Å². The first kappa shape index (κ1) is 29.7. The van der Waals surface area contributed by atoms with Crippen molar-refractivity contribution < 1.29 is 22.5 Å². The minimum atomic E-state index is -1.91. The van der Waals surface area contributed by atoms with E-state index in [1.807, 2.05) is 6.92 Å². The quantitative estimate of drug-likeness (QED) is 0.386. The fourth-order valence-corrected chi connectivity index (χ4v) is 4.38. The first-order chi connectivity index (χ1) is 17.0. The molecule has 11 heteroatoms. The van der Waals surface area contributed by atoms with Gasteiger partial charge in [-0.05, 0) is 49.9 Å². The second-order valence-corrected chi connectivity index (χ2v) is 10.4. The highest BCUT2D eigenvalue weighted by Gasteiger charge is 2.22. The summed E-state index contributed by atoms with van der Waals surface area (Å²) in [4.78, 5) is 15.2. The molecule has 0 heterocycles. The summed E-state index contributed by atoms with van der Waals surface area (Å²) in [6.07, 6.45) is 0.878. The van der Waals surface area contributed by atoms with Crippen molar-refractivity contribution >= 4 is 28.5 Å². The molecule has 2 aromatic carbocycles. The number of likely N-dealkylation sites (N-methyl/N-ethyl adjacent to an activating group) is 2. The first-order valence-electron chi connectivity index (χ1n) is 11.4. The smallest absolute Gasteiger partial charge is 0.236 e. The molecule has 1 atom stereocenters. The van der Waals surface area contributed by atoms with Gasteiger partial charge in [0.15, 0.2) is 17.4 Å². The number of rotatable bonds is 14. The van der Waals surface area contributed by atoms with Crippen molar-refractivity contribution in [2.75, 3.05) is 53.9 Å². The summed E-state index contributed by atoms with van der Waals surface area (Å²) in [7, 11) is 3.21. The van der Waals surface area contributed by atoms with Crippen LogP contribution in [-0.4, -0.2) is 78.1 Å². The van der Waals surface area contributed by atoms with E-state index in [-0.39, 0.29) is 36.2 Å². The molecule has 36 heavy (non-hydrogen) atoms. The zero-order valence-electron chi connectivity index (χ0n) is 21.0. The second-order valence-electron chi connectivity index (χ2n) is 8.44. The highest BCUT2D eigenvalue weighted by atomic mass is 35.5. The Balaban J connectivity index is 2.21. The summed E-state index contributed by atoms with van der Waals surface area (Å²) in [5, 5.41) is 3.60. The van der Waals surface area contributed by atoms with Gasteiger partial charge in [-0.2, -0.15) is 0 Å². The Morgan fingerprint density at radius 1 is 1.08 bits per heavy atom. The minimum absolute atomic E-state index is 0.0521. The maximum Gasteiger partial charge on any atom is 0.236 e. The zero-order chi connectivity index (χ0) is 26.8. The van der Waals surface area contributed by atoms with Crippen LogP contribution in [0.5, 0.6) is 11.5 Å². The number of amides is 1. The number of nitrogens with one attached hydrogen (secondary N) is 1. The van der Waals surface area contributed by atoms with E-state index < -0.39 is 28.4 Å². The van der Waals surface area contributed by atoms with E-state index in [4.69, 9.17) is 16.3 Å². The monoisotopic (exact) mass is 542 g/mol. The molecular formula is C25H33ClF2N4O3S. The fraction of sp³-hybridized carbons (Fsp3) is 0.400. The minimum Gasteiger partial charge on any atom is -0.451 e. The number of hydrogen-bond donors (Lipinski definition) is 1. The lowest BCUT2D eigenvalue weighted by molar-refractivity contribution is -0.129. The molecule has 1 amide bonds. The third-order valence-corrected chi connectivity index (χ3v) is 6.74. The molecule has 0 bridgehead atoms. The SMILES string of the molecule is C=C(CN(CCN(C)CC(=O)N(C)C)S(=O)c1cc(F)c(Oc2ccc(Cl)cc2)c(F)c1)NCCC. The van der Waals surface area contributed by atoms with E-state index in [1.54, 1.807) is 30.3 Å². The molecule has 0 aliphatic rings. The maximum absolute atomic E-state index is 14.8. The average Bonchev–Trinajstić information content (AvgIpc) is 2.83. The molecule has 7 nitrogen and oxygen atoms in total. The van der Waals surface area contributed by atoms with Crippen LogP contribution in [0, 0.1) is 11.6 Å². The molecule has 0 saturated carbocycles. The fourth-order valence-electron chi connectivity index (χ4n) is 3.03. The Kier molecular flexibility index (Phi) is 11.8. The molecule has 0 aliphatic carbocycles. The van der Waals surface area contributed by atoms with Gasteiger partial charge in [-0.1, -0.05) is 25.1 Å². The Bertz CT molecular complexity index is 1050. The van der Waals surface area contributed by atoms with Gasteiger partial charge in [0.25, 0.3) is 0 Å². The number of hydrogen-bond acceptors (Lipinski definition) is 5. The van der Waals surface area contributed by atoms with Crippen LogP contribution in [0.25, 0.3) is 0 Å². The van der Waals surface area contributed by atoms with E-state index in [9.17, 15) is 17.8 Å². The molecule has 0 aliphatic heterocycles. The predicted molar refractivity (Wildman–Crippen MR) is 139 cm³/mol. The first-order valence-corrected chi connectivity index (χ1v) is 12.9. The van der Waals surface area contributed by atoms with Crippen LogP contribution >= 0.6 is 11.6 Å². The van der Waals surface area contributed by atoms with Crippen LogP contribution < -0.4 is 10.1 Å². The average molecular weight is 543 g/mol. The van der Waals surface area contributed by atoms with Crippen molar-refractivity contribution in [1.29, 1.82) is 0 Å². The summed E-state index contributed by atoms with van der Waals surface area (Å²) in [6, 6.07) is 8.05. The van der Waals surface area contributed by atoms with E-state index in [0.29, 0.717) is 23.8 Å². The van der Waals surface area contributed by atoms with Gasteiger partial charge in [0.1, 0.15) is 16.7 Å². The molecule has 1 unspecified atom stereocenters. The lowest BCUT2D eigenvalue weighted by atomic mass is 10.3. The summed E-state index contributed by atoms with van der Waals surface area (Å²) in [6.45, 7) is 7.70.